The van der Waals surface area contributed by atoms with Crippen LogP contribution in [0.15, 0.2) is 36.7 Å². The van der Waals surface area contributed by atoms with Crippen LogP contribution in [0.3, 0.4) is 0 Å². The molecule has 3 N–H and O–H groups in total. The number of carboxylic acid groups (broad SMARTS) is 1. The molecule has 0 bridgehead atoms. The normalized spacial score (nSPS) is 16.4. The number of carbonyl (C=O) groups is 2. The Morgan fingerprint density at radius 1 is 1.30 bits per heavy atom. The van der Waals surface area contributed by atoms with Crippen molar-refractivity contribution >= 4 is 12.0 Å². The highest BCUT2D eigenvalue weighted by Gasteiger charge is 2.20. The zero-order chi connectivity index (χ0) is 16.2. The average Bonchev–Trinajstić information content (AvgIpc) is 3.01. The fraction of sp³-hybridized carbons (Fsp3) is 0.312. The molecule has 1 aliphatic rings. The molecule has 2 aromatic rings. The zero-order valence-corrected chi connectivity index (χ0v) is 12.5. The van der Waals surface area contributed by atoms with Gasteiger partial charge in [0.25, 0.3) is 0 Å². The molecular weight excluding hydrogens is 296 g/mol. The summed E-state index contributed by atoms with van der Waals surface area (Å²) in [6, 6.07) is 6.30. The molecule has 1 atom stereocenters. The molecule has 7 nitrogen and oxygen atoms in total. The summed E-state index contributed by atoms with van der Waals surface area (Å²) >= 11 is 0. The average molecular weight is 314 g/mol. The number of amides is 2. The molecule has 0 saturated heterocycles. The summed E-state index contributed by atoms with van der Waals surface area (Å²) in [6.45, 7) is 1.21. The molecule has 2 amide bonds. The van der Waals surface area contributed by atoms with E-state index in [9.17, 15) is 9.59 Å². The molecule has 1 unspecified atom stereocenters. The lowest BCUT2D eigenvalue weighted by atomic mass is 10.1. The SMILES string of the molecule is O=C(NCc1ccc(C(=O)O)cc1)NC1CCn2ccnc2C1. The van der Waals surface area contributed by atoms with E-state index >= 15 is 0 Å². The van der Waals surface area contributed by atoms with Crippen molar-refractivity contribution in [3.63, 3.8) is 0 Å². The molecule has 1 aromatic carbocycles. The first kappa shape index (κ1) is 15.1. The first-order valence-electron chi connectivity index (χ1n) is 7.48. The summed E-state index contributed by atoms with van der Waals surface area (Å²) in [5.41, 5.74) is 1.08. The van der Waals surface area contributed by atoms with Gasteiger partial charge in [-0.3, -0.25) is 0 Å². The van der Waals surface area contributed by atoms with Gasteiger partial charge in [-0.05, 0) is 24.1 Å². The van der Waals surface area contributed by atoms with E-state index in [1.54, 1.807) is 18.3 Å². The van der Waals surface area contributed by atoms with Gasteiger partial charge >= 0.3 is 12.0 Å². The predicted octanol–water partition coefficient (Wildman–Crippen LogP) is 1.40. The van der Waals surface area contributed by atoms with E-state index in [2.05, 4.69) is 20.2 Å². The standard InChI is InChI=1S/C16H18N4O3/c21-15(22)12-3-1-11(2-4-12)10-18-16(23)19-13-5-7-20-8-6-17-14(20)9-13/h1-4,6,8,13H,5,7,9-10H2,(H,21,22)(H2,18,19,23). The summed E-state index contributed by atoms with van der Waals surface area (Å²) in [4.78, 5) is 27.0. The van der Waals surface area contributed by atoms with Crippen molar-refractivity contribution < 1.29 is 14.7 Å². The number of imidazole rings is 1. The number of nitrogens with zero attached hydrogens (tertiary/aromatic N) is 2. The van der Waals surface area contributed by atoms with Crippen molar-refractivity contribution in [2.45, 2.75) is 32.0 Å². The molecule has 1 aliphatic heterocycles. The quantitative estimate of drug-likeness (QED) is 0.794. The number of hydrogen-bond donors (Lipinski definition) is 3. The molecule has 0 fully saturated rings. The first-order valence-corrected chi connectivity index (χ1v) is 7.48. The van der Waals surface area contributed by atoms with Crippen molar-refractivity contribution in [1.29, 1.82) is 0 Å². The lowest BCUT2D eigenvalue weighted by Crippen LogP contribution is -2.45. The molecule has 3 rings (SSSR count). The smallest absolute Gasteiger partial charge is 0.335 e. The largest absolute Gasteiger partial charge is 0.478 e. The topological polar surface area (TPSA) is 96.3 Å². The lowest BCUT2D eigenvalue weighted by molar-refractivity contribution is 0.0697. The van der Waals surface area contributed by atoms with Gasteiger partial charge in [-0.2, -0.15) is 0 Å². The Hall–Kier alpha value is -2.83. The van der Waals surface area contributed by atoms with E-state index < -0.39 is 5.97 Å². The minimum atomic E-state index is -0.960. The monoisotopic (exact) mass is 314 g/mol. The van der Waals surface area contributed by atoms with E-state index in [1.165, 1.54) is 12.1 Å². The summed E-state index contributed by atoms with van der Waals surface area (Å²) in [6.07, 6.45) is 5.34. The van der Waals surface area contributed by atoms with E-state index in [0.717, 1.165) is 30.8 Å². The van der Waals surface area contributed by atoms with Crippen LogP contribution in [0, 0.1) is 0 Å². The Kier molecular flexibility index (Phi) is 4.27. The van der Waals surface area contributed by atoms with Crippen molar-refractivity contribution in [1.82, 2.24) is 20.2 Å². The second-order valence-corrected chi connectivity index (χ2v) is 5.56. The zero-order valence-electron chi connectivity index (χ0n) is 12.5. The Bertz CT molecular complexity index is 708. The number of rotatable bonds is 4. The van der Waals surface area contributed by atoms with Crippen LogP contribution in [0.5, 0.6) is 0 Å². The van der Waals surface area contributed by atoms with Crippen molar-refractivity contribution in [2.24, 2.45) is 0 Å². The Morgan fingerprint density at radius 2 is 2.09 bits per heavy atom. The van der Waals surface area contributed by atoms with Gasteiger partial charge in [0, 0.05) is 37.9 Å². The third kappa shape index (κ3) is 3.68. The second-order valence-electron chi connectivity index (χ2n) is 5.56. The molecule has 0 saturated carbocycles. The number of fused-ring (bicyclic) bond motifs is 1. The molecule has 23 heavy (non-hydrogen) atoms. The summed E-state index contributed by atoms with van der Waals surface area (Å²) < 4.78 is 2.10. The Balaban J connectivity index is 1.47. The third-order valence-corrected chi connectivity index (χ3v) is 3.94. The Morgan fingerprint density at radius 3 is 2.83 bits per heavy atom. The van der Waals surface area contributed by atoms with Crippen LogP contribution in [0.1, 0.15) is 28.2 Å². The number of aromatic carboxylic acids is 1. The molecule has 7 heteroatoms. The first-order chi connectivity index (χ1) is 11.1. The minimum absolute atomic E-state index is 0.0827. The van der Waals surface area contributed by atoms with Crippen molar-refractivity contribution in [3.05, 3.63) is 53.6 Å². The fourth-order valence-electron chi connectivity index (χ4n) is 2.66. The van der Waals surface area contributed by atoms with Crippen LogP contribution in [-0.2, 0) is 19.5 Å². The van der Waals surface area contributed by atoms with Crippen molar-refractivity contribution in [2.75, 3.05) is 0 Å². The van der Waals surface area contributed by atoms with Gasteiger partial charge in [0.1, 0.15) is 5.82 Å². The van der Waals surface area contributed by atoms with Crippen LogP contribution in [0.2, 0.25) is 0 Å². The number of aromatic nitrogens is 2. The van der Waals surface area contributed by atoms with E-state index in [1.807, 2.05) is 6.20 Å². The second kappa shape index (κ2) is 6.51. The third-order valence-electron chi connectivity index (χ3n) is 3.94. The maximum absolute atomic E-state index is 12.0. The number of benzene rings is 1. The van der Waals surface area contributed by atoms with Gasteiger partial charge in [0.05, 0.1) is 5.56 Å². The van der Waals surface area contributed by atoms with Crippen LogP contribution in [-0.4, -0.2) is 32.7 Å². The maximum atomic E-state index is 12.0. The van der Waals surface area contributed by atoms with E-state index in [4.69, 9.17) is 5.11 Å². The van der Waals surface area contributed by atoms with Gasteiger partial charge in [-0.1, -0.05) is 12.1 Å². The van der Waals surface area contributed by atoms with Crippen LogP contribution in [0.4, 0.5) is 4.79 Å². The predicted molar refractivity (Wildman–Crippen MR) is 83.1 cm³/mol. The Labute approximate surface area is 133 Å². The highest BCUT2D eigenvalue weighted by molar-refractivity contribution is 5.87. The van der Waals surface area contributed by atoms with Crippen molar-refractivity contribution in [3.8, 4) is 0 Å². The molecule has 120 valence electrons. The highest BCUT2D eigenvalue weighted by atomic mass is 16.4. The number of urea groups is 1. The molecule has 1 aromatic heterocycles. The number of nitrogens with one attached hydrogen (secondary N) is 2. The fourth-order valence-corrected chi connectivity index (χ4v) is 2.66. The minimum Gasteiger partial charge on any atom is -0.478 e. The number of carbonyl (C=O) groups excluding carboxylic acids is 1. The van der Waals surface area contributed by atoms with Crippen LogP contribution < -0.4 is 10.6 Å². The number of aryl methyl sites for hydroxylation is 1. The maximum Gasteiger partial charge on any atom is 0.335 e. The van der Waals surface area contributed by atoms with Gasteiger partial charge in [-0.15, -0.1) is 0 Å². The summed E-state index contributed by atoms with van der Waals surface area (Å²) in [7, 11) is 0. The van der Waals surface area contributed by atoms with Crippen LogP contribution in [0.25, 0.3) is 0 Å². The van der Waals surface area contributed by atoms with Gasteiger partial charge in [-0.25, -0.2) is 14.6 Å². The number of hydrogen-bond acceptors (Lipinski definition) is 3. The van der Waals surface area contributed by atoms with Crippen LogP contribution >= 0.6 is 0 Å². The van der Waals surface area contributed by atoms with E-state index in [0.29, 0.717) is 6.54 Å². The molecule has 0 aliphatic carbocycles. The van der Waals surface area contributed by atoms with E-state index in [-0.39, 0.29) is 17.6 Å². The van der Waals surface area contributed by atoms with Gasteiger partial charge < -0.3 is 20.3 Å². The molecular formula is C16H18N4O3. The lowest BCUT2D eigenvalue weighted by Gasteiger charge is -2.24. The highest BCUT2D eigenvalue weighted by Crippen LogP contribution is 2.13. The van der Waals surface area contributed by atoms with Gasteiger partial charge in [0.15, 0.2) is 0 Å². The molecule has 2 heterocycles. The molecule has 0 radical (unpaired) electrons. The number of carboxylic acids is 1. The summed E-state index contributed by atoms with van der Waals surface area (Å²) in [5, 5.41) is 14.6. The summed E-state index contributed by atoms with van der Waals surface area (Å²) in [5.74, 6) is 0.0312. The van der Waals surface area contributed by atoms with Gasteiger partial charge in [0.2, 0.25) is 0 Å². The molecule has 0 spiro atoms.